The number of amides is 2. The Labute approximate surface area is 300 Å². The van der Waals surface area contributed by atoms with Crippen molar-refractivity contribution >= 4 is 23.4 Å². The van der Waals surface area contributed by atoms with E-state index in [-0.39, 0.29) is 67.2 Å². The monoisotopic (exact) mass is 701 g/mol. The molecule has 8 atom stereocenters. The first-order chi connectivity index (χ1) is 23.8. The molecular formula is C40H64FN3O6. The molecule has 50 heavy (non-hydrogen) atoms. The van der Waals surface area contributed by atoms with Crippen molar-refractivity contribution in [2.24, 2.45) is 29.6 Å². The number of hydrogen-bond donors (Lipinski definition) is 1. The fourth-order valence-corrected chi connectivity index (χ4v) is 8.03. The minimum absolute atomic E-state index is 0.0178. The van der Waals surface area contributed by atoms with Gasteiger partial charge < -0.3 is 24.6 Å². The largest absolute Gasteiger partial charge is 0.379 e. The topological polar surface area (TPSA) is 105 Å². The number of allylic oxidation sites excluding steroid dienone is 6. The highest BCUT2D eigenvalue weighted by atomic mass is 19.1. The van der Waals surface area contributed by atoms with E-state index in [1.807, 2.05) is 63.8 Å². The van der Waals surface area contributed by atoms with E-state index in [2.05, 4.69) is 17.5 Å². The zero-order chi connectivity index (χ0) is 37.0. The molecule has 2 amide bonds. The van der Waals surface area contributed by atoms with Gasteiger partial charge in [-0.1, -0.05) is 77.5 Å². The van der Waals surface area contributed by atoms with Gasteiger partial charge in [0.05, 0.1) is 30.7 Å². The molecule has 2 fully saturated rings. The van der Waals surface area contributed by atoms with Crippen LogP contribution in [0.3, 0.4) is 0 Å². The number of carbonyl (C=O) groups is 4. The fourth-order valence-electron chi connectivity index (χ4n) is 8.03. The van der Waals surface area contributed by atoms with Crippen LogP contribution < -0.4 is 5.32 Å². The number of ketones is 2. The van der Waals surface area contributed by atoms with Gasteiger partial charge in [0.1, 0.15) is 5.78 Å². The van der Waals surface area contributed by atoms with Gasteiger partial charge in [0.2, 0.25) is 11.8 Å². The Hall–Kier alpha value is -2.69. The Morgan fingerprint density at radius 3 is 2.26 bits per heavy atom. The minimum Gasteiger partial charge on any atom is -0.379 e. The predicted octanol–water partition coefficient (Wildman–Crippen LogP) is 5.88. The van der Waals surface area contributed by atoms with Crippen molar-refractivity contribution in [1.29, 1.82) is 0 Å². The summed E-state index contributed by atoms with van der Waals surface area (Å²) in [5.74, 6) is -1.68. The summed E-state index contributed by atoms with van der Waals surface area (Å²) >= 11 is 0. The fraction of sp³-hybridized carbons (Fsp3) is 0.750. The third-order valence-electron chi connectivity index (χ3n) is 11.5. The highest BCUT2D eigenvalue weighted by Gasteiger charge is 2.45. The van der Waals surface area contributed by atoms with Crippen LogP contribution in [0.5, 0.6) is 0 Å². The number of rotatable bonds is 20. The van der Waals surface area contributed by atoms with E-state index in [0.717, 1.165) is 32.1 Å². The minimum atomic E-state index is -1.94. The molecule has 0 aromatic carbocycles. The second-order valence-corrected chi connectivity index (χ2v) is 15.1. The number of hydrogen-bond acceptors (Lipinski definition) is 7. The predicted molar refractivity (Wildman–Crippen MR) is 195 cm³/mol. The average Bonchev–Trinajstić information content (AvgIpc) is 3.69. The van der Waals surface area contributed by atoms with Crippen LogP contribution in [0.1, 0.15) is 92.4 Å². The second kappa shape index (κ2) is 19.8. The molecule has 9 nitrogen and oxygen atoms in total. The van der Waals surface area contributed by atoms with Crippen LogP contribution in [-0.2, 0) is 28.7 Å². The molecule has 1 aliphatic carbocycles. The first-order valence-electron chi connectivity index (χ1n) is 18.9. The summed E-state index contributed by atoms with van der Waals surface area (Å²) in [6.45, 7) is 10.7. The summed E-state index contributed by atoms with van der Waals surface area (Å²) in [5.41, 5.74) is -1.94. The van der Waals surface area contributed by atoms with E-state index < -0.39 is 35.6 Å². The molecule has 3 rings (SSSR count). The lowest BCUT2D eigenvalue weighted by Gasteiger charge is -2.41. The Bertz CT molecular complexity index is 1210. The highest BCUT2D eigenvalue weighted by Crippen LogP contribution is 2.32. The zero-order valence-corrected chi connectivity index (χ0v) is 31.9. The maximum absolute atomic E-state index is 15.3. The number of nitrogens with zero attached hydrogens (tertiary/aromatic N) is 2. The number of alkyl halides is 1. The summed E-state index contributed by atoms with van der Waals surface area (Å²) in [7, 11) is 4.89. The van der Waals surface area contributed by atoms with E-state index in [4.69, 9.17) is 9.47 Å². The van der Waals surface area contributed by atoms with Crippen molar-refractivity contribution in [2.75, 3.05) is 40.9 Å². The molecule has 0 aromatic rings. The van der Waals surface area contributed by atoms with Gasteiger partial charge in [0.15, 0.2) is 11.5 Å². The summed E-state index contributed by atoms with van der Waals surface area (Å²) in [6.07, 6.45) is 15.8. The normalized spacial score (nSPS) is 24.5. The van der Waals surface area contributed by atoms with Gasteiger partial charge in [-0.2, -0.15) is 0 Å². The average molecular weight is 702 g/mol. The summed E-state index contributed by atoms with van der Waals surface area (Å²) in [6, 6.07) is -0.683. The third kappa shape index (κ3) is 10.7. The molecule has 0 bridgehead atoms. The molecule has 0 unspecified atom stereocenters. The number of carbonyl (C=O) groups excluding carboxylic acids is 4. The SMILES string of the molecule is CC[C@H](C)[C@@H]([C@@H](CC(=O)N1CCC[C@H]1[C@H](OC)[C@@H](C)C(=O)CCCC1C=CC=CC=C1)OC)N(C)C(=O)[C@@H](CC(=O)[C@@]1(F)CCNC1)C(C)C. The Morgan fingerprint density at radius 1 is 1.02 bits per heavy atom. The number of ether oxygens (including phenoxy) is 2. The summed E-state index contributed by atoms with van der Waals surface area (Å²) < 4.78 is 27.3. The molecule has 282 valence electrons. The maximum Gasteiger partial charge on any atom is 0.226 e. The van der Waals surface area contributed by atoms with Gasteiger partial charge in [-0.15, -0.1) is 0 Å². The van der Waals surface area contributed by atoms with Crippen molar-refractivity contribution < 1.29 is 33.0 Å². The van der Waals surface area contributed by atoms with Crippen LogP contribution in [0.4, 0.5) is 4.39 Å². The number of halogens is 1. The lowest BCUT2D eigenvalue weighted by molar-refractivity contribution is -0.149. The van der Waals surface area contributed by atoms with E-state index >= 15 is 4.39 Å². The van der Waals surface area contributed by atoms with E-state index in [1.54, 1.807) is 26.2 Å². The molecule has 2 aliphatic heterocycles. The maximum atomic E-state index is 15.3. The van der Waals surface area contributed by atoms with Crippen LogP contribution in [0, 0.1) is 29.6 Å². The molecule has 0 spiro atoms. The first kappa shape index (κ1) is 41.7. The molecule has 2 heterocycles. The zero-order valence-electron chi connectivity index (χ0n) is 31.9. The lowest BCUT2D eigenvalue weighted by atomic mass is 9.83. The van der Waals surface area contributed by atoms with Crippen molar-refractivity contribution in [3.05, 3.63) is 36.5 Å². The van der Waals surface area contributed by atoms with Crippen LogP contribution >= 0.6 is 0 Å². The molecule has 0 aromatic heterocycles. The number of Topliss-reactive ketones (excluding diaryl/α,β-unsaturated/α-hetero) is 2. The van der Waals surface area contributed by atoms with Crippen LogP contribution in [0.15, 0.2) is 36.5 Å². The van der Waals surface area contributed by atoms with Gasteiger partial charge in [0.25, 0.3) is 0 Å². The molecule has 0 saturated carbocycles. The van der Waals surface area contributed by atoms with Crippen LogP contribution in [0.25, 0.3) is 0 Å². The Balaban J connectivity index is 1.70. The van der Waals surface area contributed by atoms with Crippen molar-refractivity contribution in [3.63, 3.8) is 0 Å². The second-order valence-electron chi connectivity index (χ2n) is 15.1. The van der Waals surface area contributed by atoms with E-state index in [1.165, 1.54) is 0 Å². The molecule has 0 radical (unpaired) electrons. The van der Waals surface area contributed by atoms with Crippen LogP contribution in [0.2, 0.25) is 0 Å². The van der Waals surface area contributed by atoms with Gasteiger partial charge in [-0.3, -0.25) is 19.2 Å². The number of likely N-dealkylation sites (N-methyl/N-ethyl adjacent to an activating group) is 1. The quantitative estimate of drug-likeness (QED) is 0.169. The molecular weight excluding hydrogens is 637 g/mol. The number of methoxy groups -OCH3 is 2. The van der Waals surface area contributed by atoms with Gasteiger partial charge >= 0.3 is 0 Å². The standard InChI is InChI=1S/C40H64FN3O6/c1-9-28(4)37(43(6)39(48)31(27(2)3)24-35(46)40(41)21-22-42-26-40)34(49-7)25-36(47)44-23-15-19-32(44)38(50-8)29(5)33(45)20-14-18-30-16-12-10-11-13-17-30/h10-13,16-17,27-32,34,37-38,42H,9,14-15,18-26H2,1-8H3/t28-,29-,31-,32-,34+,37-,38+,40+/m0/s1. The molecule has 3 aliphatic rings. The van der Waals surface area contributed by atoms with Crippen molar-refractivity contribution in [3.8, 4) is 0 Å². The number of likely N-dealkylation sites (tertiary alicyclic amines) is 1. The van der Waals surface area contributed by atoms with Gasteiger partial charge in [-0.25, -0.2) is 4.39 Å². The first-order valence-corrected chi connectivity index (χ1v) is 18.9. The Morgan fingerprint density at radius 2 is 1.70 bits per heavy atom. The summed E-state index contributed by atoms with van der Waals surface area (Å²) in [5, 5.41) is 2.92. The smallest absolute Gasteiger partial charge is 0.226 e. The van der Waals surface area contributed by atoms with Crippen molar-refractivity contribution in [1.82, 2.24) is 15.1 Å². The molecule has 10 heteroatoms. The molecule has 1 N–H and O–H groups in total. The van der Waals surface area contributed by atoms with E-state index in [9.17, 15) is 19.2 Å². The van der Waals surface area contributed by atoms with Crippen molar-refractivity contribution in [2.45, 2.75) is 122 Å². The van der Waals surface area contributed by atoms with Gasteiger partial charge in [0, 0.05) is 65.5 Å². The highest BCUT2D eigenvalue weighted by molar-refractivity contribution is 5.92. The van der Waals surface area contributed by atoms with Crippen LogP contribution in [-0.4, -0.2) is 104 Å². The summed E-state index contributed by atoms with van der Waals surface area (Å²) in [4.78, 5) is 58.1. The Kier molecular flexibility index (Phi) is 16.5. The third-order valence-corrected chi connectivity index (χ3v) is 11.5. The van der Waals surface area contributed by atoms with E-state index in [0.29, 0.717) is 25.4 Å². The van der Waals surface area contributed by atoms with Gasteiger partial charge in [-0.05, 0) is 50.0 Å². The lowest BCUT2D eigenvalue weighted by Crippen LogP contribution is -2.54. The molecule has 2 saturated heterocycles. The number of nitrogens with one attached hydrogen (secondary N) is 1.